The van der Waals surface area contributed by atoms with E-state index in [1.165, 1.54) is 7.11 Å². The Morgan fingerprint density at radius 2 is 2.25 bits per heavy atom. The normalized spacial score (nSPS) is 10.1. The van der Waals surface area contributed by atoms with Gasteiger partial charge in [0, 0.05) is 10.6 Å². The molecule has 2 N–H and O–H groups in total. The minimum atomic E-state index is -0.328. The fourth-order valence-electron chi connectivity index (χ4n) is 1.31. The standard InChI is InChI=1S/C12H17NO2S/c1-3-4-8-16-11-9(12(14)15-2)6-5-7-10(11)13/h5-7H,3-4,8,13H2,1-2H3. The van der Waals surface area contributed by atoms with Crippen LogP contribution in [0.5, 0.6) is 0 Å². The van der Waals surface area contributed by atoms with E-state index in [9.17, 15) is 4.79 Å². The molecule has 0 fully saturated rings. The second-order valence-electron chi connectivity index (χ2n) is 3.42. The number of nitrogen functional groups attached to an aromatic ring is 1. The summed E-state index contributed by atoms with van der Waals surface area (Å²) in [5, 5.41) is 0. The maximum absolute atomic E-state index is 11.5. The van der Waals surface area contributed by atoms with Gasteiger partial charge in [-0.05, 0) is 24.3 Å². The average Bonchev–Trinajstić information content (AvgIpc) is 2.30. The van der Waals surface area contributed by atoms with E-state index in [2.05, 4.69) is 6.92 Å². The molecule has 0 amide bonds. The highest BCUT2D eigenvalue weighted by Gasteiger charge is 2.13. The van der Waals surface area contributed by atoms with Gasteiger partial charge in [0.25, 0.3) is 0 Å². The molecule has 0 radical (unpaired) electrons. The number of hydrogen-bond donors (Lipinski definition) is 1. The number of anilines is 1. The lowest BCUT2D eigenvalue weighted by Crippen LogP contribution is -2.05. The van der Waals surface area contributed by atoms with Crippen LogP contribution in [-0.4, -0.2) is 18.8 Å². The minimum Gasteiger partial charge on any atom is -0.465 e. The smallest absolute Gasteiger partial charge is 0.339 e. The maximum Gasteiger partial charge on any atom is 0.339 e. The number of benzene rings is 1. The molecule has 0 aliphatic carbocycles. The van der Waals surface area contributed by atoms with Crippen molar-refractivity contribution in [2.24, 2.45) is 0 Å². The maximum atomic E-state index is 11.5. The highest BCUT2D eigenvalue weighted by Crippen LogP contribution is 2.30. The number of carbonyl (C=O) groups excluding carboxylic acids is 1. The predicted molar refractivity (Wildman–Crippen MR) is 67.8 cm³/mol. The molecule has 3 nitrogen and oxygen atoms in total. The van der Waals surface area contributed by atoms with Gasteiger partial charge < -0.3 is 10.5 Å². The summed E-state index contributed by atoms with van der Waals surface area (Å²) in [5.74, 6) is 0.639. The number of hydrogen-bond acceptors (Lipinski definition) is 4. The Morgan fingerprint density at radius 1 is 1.50 bits per heavy atom. The zero-order valence-corrected chi connectivity index (χ0v) is 10.5. The van der Waals surface area contributed by atoms with Crippen molar-refractivity contribution in [2.45, 2.75) is 24.7 Å². The Labute approximate surface area is 100 Å². The molecule has 0 saturated carbocycles. The van der Waals surface area contributed by atoms with Crippen LogP contribution in [0.25, 0.3) is 0 Å². The largest absolute Gasteiger partial charge is 0.465 e. The van der Waals surface area contributed by atoms with Crippen LogP contribution in [0.4, 0.5) is 5.69 Å². The molecule has 4 heteroatoms. The van der Waals surface area contributed by atoms with Crippen molar-refractivity contribution >= 4 is 23.4 Å². The number of esters is 1. The Balaban J connectivity index is 2.90. The summed E-state index contributed by atoms with van der Waals surface area (Å²) < 4.78 is 4.73. The number of rotatable bonds is 5. The average molecular weight is 239 g/mol. The van der Waals surface area contributed by atoms with E-state index in [1.54, 1.807) is 30.0 Å². The summed E-state index contributed by atoms with van der Waals surface area (Å²) in [7, 11) is 1.38. The van der Waals surface area contributed by atoms with Crippen LogP contribution in [0.1, 0.15) is 30.1 Å². The molecule has 0 spiro atoms. The van der Waals surface area contributed by atoms with Crippen molar-refractivity contribution in [1.82, 2.24) is 0 Å². The third-order valence-electron chi connectivity index (χ3n) is 2.20. The molecule has 0 aliphatic rings. The lowest BCUT2D eigenvalue weighted by atomic mass is 10.2. The summed E-state index contributed by atoms with van der Waals surface area (Å²) >= 11 is 1.62. The number of carbonyl (C=O) groups is 1. The van der Waals surface area contributed by atoms with E-state index < -0.39 is 0 Å². The van der Waals surface area contributed by atoms with Gasteiger partial charge in [-0.2, -0.15) is 0 Å². The van der Waals surface area contributed by atoms with Crippen molar-refractivity contribution in [3.05, 3.63) is 23.8 Å². The lowest BCUT2D eigenvalue weighted by Gasteiger charge is -2.09. The Morgan fingerprint density at radius 3 is 2.88 bits per heavy atom. The van der Waals surface area contributed by atoms with Crippen LogP contribution in [0.15, 0.2) is 23.1 Å². The number of thioether (sulfide) groups is 1. The SMILES string of the molecule is CCCCSc1c(N)cccc1C(=O)OC. The van der Waals surface area contributed by atoms with Crippen LogP contribution >= 0.6 is 11.8 Å². The molecule has 0 atom stereocenters. The molecule has 0 heterocycles. The third-order valence-corrected chi connectivity index (χ3v) is 3.43. The Kier molecular flexibility index (Phi) is 5.19. The number of nitrogens with two attached hydrogens (primary N) is 1. The van der Waals surface area contributed by atoms with E-state index in [1.807, 2.05) is 0 Å². The van der Waals surface area contributed by atoms with E-state index in [4.69, 9.17) is 10.5 Å². The molecule has 1 rings (SSSR count). The second-order valence-corrected chi connectivity index (χ2v) is 4.52. The molecular formula is C12H17NO2S. The molecule has 1 aromatic rings. The van der Waals surface area contributed by atoms with Crippen LogP contribution in [0.3, 0.4) is 0 Å². The van der Waals surface area contributed by atoms with Gasteiger partial charge in [0.15, 0.2) is 0 Å². The minimum absolute atomic E-state index is 0.328. The molecule has 0 unspecified atom stereocenters. The van der Waals surface area contributed by atoms with Crippen molar-refractivity contribution in [1.29, 1.82) is 0 Å². The molecule has 16 heavy (non-hydrogen) atoms. The topological polar surface area (TPSA) is 52.3 Å². The zero-order valence-electron chi connectivity index (χ0n) is 9.66. The Bertz CT molecular complexity index is 366. The Hall–Kier alpha value is -1.16. The molecule has 0 saturated heterocycles. The first-order valence-corrected chi connectivity index (χ1v) is 6.28. The molecule has 0 aliphatic heterocycles. The quantitative estimate of drug-likeness (QED) is 0.371. The van der Waals surface area contributed by atoms with Crippen LogP contribution < -0.4 is 5.73 Å². The van der Waals surface area contributed by atoms with Crippen molar-refractivity contribution < 1.29 is 9.53 Å². The highest BCUT2D eigenvalue weighted by molar-refractivity contribution is 7.99. The summed E-state index contributed by atoms with van der Waals surface area (Å²) in [6.07, 6.45) is 2.24. The predicted octanol–water partition coefficient (Wildman–Crippen LogP) is 2.95. The fourth-order valence-corrected chi connectivity index (χ4v) is 2.48. The third kappa shape index (κ3) is 3.17. The number of methoxy groups -OCH3 is 1. The summed E-state index contributed by atoms with van der Waals surface area (Å²) in [5.41, 5.74) is 7.07. The molecule has 88 valence electrons. The number of unbranched alkanes of at least 4 members (excludes halogenated alkanes) is 1. The van der Waals surface area contributed by atoms with E-state index in [0.29, 0.717) is 11.3 Å². The van der Waals surface area contributed by atoms with Crippen molar-refractivity contribution in [2.75, 3.05) is 18.6 Å². The molecule has 0 bridgehead atoms. The first-order chi connectivity index (χ1) is 7.70. The van der Waals surface area contributed by atoms with Gasteiger partial charge in [-0.3, -0.25) is 0 Å². The lowest BCUT2D eigenvalue weighted by molar-refractivity contribution is 0.0597. The summed E-state index contributed by atoms with van der Waals surface area (Å²) in [4.78, 5) is 12.4. The van der Waals surface area contributed by atoms with E-state index in [-0.39, 0.29) is 5.97 Å². The van der Waals surface area contributed by atoms with Gasteiger partial charge in [0.1, 0.15) is 0 Å². The zero-order chi connectivity index (χ0) is 12.0. The van der Waals surface area contributed by atoms with Gasteiger partial charge in [-0.15, -0.1) is 11.8 Å². The van der Waals surface area contributed by atoms with Crippen LogP contribution in [-0.2, 0) is 4.74 Å². The second kappa shape index (κ2) is 6.43. The number of ether oxygens (including phenoxy) is 1. The summed E-state index contributed by atoms with van der Waals surface area (Å²) in [6, 6.07) is 5.32. The first-order valence-electron chi connectivity index (χ1n) is 5.30. The monoisotopic (exact) mass is 239 g/mol. The molecular weight excluding hydrogens is 222 g/mol. The van der Waals surface area contributed by atoms with Gasteiger partial charge in [0.2, 0.25) is 0 Å². The molecule has 1 aromatic carbocycles. The summed E-state index contributed by atoms with van der Waals surface area (Å²) in [6.45, 7) is 2.14. The van der Waals surface area contributed by atoms with E-state index >= 15 is 0 Å². The molecule has 0 aromatic heterocycles. The van der Waals surface area contributed by atoms with Gasteiger partial charge >= 0.3 is 5.97 Å². The van der Waals surface area contributed by atoms with Crippen LogP contribution in [0.2, 0.25) is 0 Å². The highest BCUT2D eigenvalue weighted by atomic mass is 32.2. The van der Waals surface area contributed by atoms with Gasteiger partial charge in [-0.1, -0.05) is 19.4 Å². The van der Waals surface area contributed by atoms with Crippen molar-refractivity contribution in [3.63, 3.8) is 0 Å². The fraction of sp³-hybridized carbons (Fsp3) is 0.417. The van der Waals surface area contributed by atoms with Gasteiger partial charge in [-0.25, -0.2) is 4.79 Å². The first kappa shape index (κ1) is 12.9. The van der Waals surface area contributed by atoms with Crippen LogP contribution in [0, 0.1) is 0 Å². The van der Waals surface area contributed by atoms with E-state index in [0.717, 1.165) is 23.5 Å². The van der Waals surface area contributed by atoms with Gasteiger partial charge in [0.05, 0.1) is 12.7 Å². The van der Waals surface area contributed by atoms with Crippen molar-refractivity contribution in [3.8, 4) is 0 Å².